The number of ether oxygens (including phenoxy) is 2. The first-order valence-electron chi connectivity index (χ1n) is 13.4. The van der Waals surface area contributed by atoms with E-state index in [4.69, 9.17) is 14.0 Å². The maximum absolute atomic E-state index is 14.4. The van der Waals surface area contributed by atoms with Gasteiger partial charge in [-0.05, 0) is 43.7 Å². The molecule has 5 atom stereocenters. The first-order chi connectivity index (χ1) is 18.7. The van der Waals surface area contributed by atoms with Crippen molar-refractivity contribution in [2.24, 2.45) is 11.3 Å². The highest BCUT2D eigenvalue weighted by Gasteiger charge is 2.59. The Bertz CT molecular complexity index is 1220. The first-order valence-corrected chi connectivity index (χ1v) is 13.4. The number of nitrogens with one attached hydrogen (secondary N) is 1. The predicted octanol–water partition coefficient (Wildman–Crippen LogP) is 2.36. The van der Waals surface area contributed by atoms with Gasteiger partial charge in [-0.3, -0.25) is 9.78 Å². The molecule has 1 saturated carbocycles. The van der Waals surface area contributed by atoms with Crippen LogP contribution in [0.5, 0.6) is 0 Å². The van der Waals surface area contributed by atoms with Crippen molar-refractivity contribution in [3.05, 3.63) is 34.9 Å². The Hall–Kier alpha value is -2.77. The lowest BCUT2D eigenvalue weighted by molar-refractivity contribution is -0.143. The second-order valence-electron chi connectivity index (χ2n) is 11.2. The summed E-state index contributed by atoms with van der Waals surface area (Å²) in [5, 5.41) is 7.66. The van der Waals surface area contributed by atoms with Gasteiger partial charge in [0.1, 0.15) is 0 Å². The van der Waals surface area contributed by atoms with Crippen molar-refractivity contribution >= 4 is 11.9 Å². The lowest BCUT2D eigenvalue weighted by Crippen LogP contribution is -2.52. The lowest BCUT2D eigenvalue weighted by atomic mass is 9.78. The molecule has 1 aliphatic carbocycles. The Labute approximate surface area is 224 Å². The largest absolute Gasteiger partial charge is 0.417 e. The van der Waals surface area contributed by atoms with E-state index in [1.165, 1.54) is 0 Å². The Balaban J connectivity index is 1.25. The average Bonchev–Trinajstić information content (AvgIpc) is 3.60. The zero-order valence-electron chi connectivity index (χ0n) is 22.0. The first kappa shape index (κ1) is 26.5. The molecule has 0 bridgehead atoms. The molecule has 1 N–H and O–H groups in total. The zero-order chi connectivity index (χ0) is 27.4. The minimum absolute atomic E-state index is 0.0246. The summed E-state index contributed by atoms with van der Waals surface area (Å²) in [5.74, 6) is 0.512. The summed E-state index contributed by atoms with van der Waals surface area (Å²) in [6, 6.07) is 1.75. The summed E-state index contributed by atoms with van der Waals surface area (Å²) in [4.78, 5) is 26.5. The number of rotatable bonds is 5. The molecule has 2 aromatic rings. The van der Waals surface area contributed by atoms with Crippen LogP contribution in [0.3, 0.4) is 0 Å². The number of anilines is 1. The smallest absolute Gasteiger partial charge is 0.379 e. The van der Waals surface area contributed by atoms with Gasteiger partial charge in [-0.1, -0.05) is 5.16 Å². The molecule has 4 aliphatic rings. The molecule has 6 rings (SSSR count). The van der Waals surface area contributed by atoms with Crippen LogP contribution in [-0.4, -0.2) is 84.1 Å². The van der Waals surface area contributed by atoms with E-state index < -0.39 is 17.2 Å². The van der Waals surface area contributed by atoms with Crippen molar-refractivity contribution in [1.29, 1.82) is 0 Å². The second-order valence-corrected chi connectivity index (χ2v) is 11.2. The van der Waals surface area contributed by atoms with Crippen LogP contribution in [-0.2, 0) is 33.4 Å². The number of pyridine rings is 1. The number of aromatic nitrogens is 3. The molecule has 10 nitrogen and oxygen atoms in total. The van der Waals surface area contributed by atoms with E-state index in [2.05, 4.69) is 20.4 Å². The predicted molar refractivity (Wildman–Crippen MR) is 132 cm³/mol. The van der Waals surface area contributed by atoms with Crippen molar-refractivity contribution in [2.75, 3.05) is 44.9 Å². The number of halogens is 3. The van der Waals surface area contributed by atoms with Gasteiger partial charge < -0.3 is 29.1 Å². The number of fused-ring (bicyclic) bond motifs is 2. The normalized spacial score (nSPS) is 30.9. The molecule has 13 heteroatoms. The number of carbonyl (C=O) groups is 1. The van der Waals surface area contributed by atoms with Gasteiger partial charge in [0.2, 0.25) is 5.91 Å². The molecule has 3 aliphatic heterocycles. The van der Waals surface area contributed by atoms with Crippen LogP contribution in [0.25, 0.3) is 0 Å². The molecule has 1 amide bonds. The number of methoxy groups -OCH3 is 1. The minimum Gasteiger partial charge on any atom is -0.379 e. The third-order valence-corrected chi connectivity index (χ3v) is 8.80. The topological polar surface area (TPSA) is 106 Å². The molecule has 39 heavy (non-hydrogen) atoms. The van der Waals surface area contributed by atoms with Crippen molar-refractivity contribution in [2.45, 2.75) is 63.5 Å². The molecular formula is C26H33F3N6O4. The lowest BCUT2D eigenvalue weighted by Gasteiger charge is -2.37. The van der Waals surface area contributed by atoms with Gasteiger partial charge in [0.25, 0.3) is 0 Å². The Morgan fingerprint density at radius 2 is 2.18 bits per heavy atom. The van der Waals surface area contributed by atoms with E-state index in [1.807, 2.05) is 4.90 Å². The molecule has 5 unspecified atom stereocenters. The summed E-state index contributed by atoms with van der Waals surface area (Å²) >= 11 is 0. The van der Waals surface area contributed by atoms with E-state index in [1.54, 1.807) is 18.9 Å². The highest BCUT2D eigenvalue weighted by Crippen LogP contribution is 2.51. The number of amides is 1. The number of alkyl halides is 3. The summed E-state index contributed by atoms with van der Waals surface area (Å²) in [5.41, 5.74) is -0.441. The average molecular weight is 551 g/mol. The van der Waals surface area contributed by atoms with Gasteiger partial charge in [0.15, 0.2) is 5.82 Å². The number of hydrogen-bond acceptors (Lipinski definition) is 9. The van der Waals surface area contributed by atoms with E-state index in [0.29, 0.717) is 68.8 Å². The molecule has 0 aromatic carbocycles. The van der Waals surface area contributed by atoms with E-state index >= 15 is 0 Å². The zero-order valence-corrected chi connectivity index (χ0v) is 22.0. The standard InChI is InChI=1S/C26H33F3N6O4/c1-15-31-24(39-33-15)35-12-18-8-19(32-21-4-6-38-13-22(21)37-2)9-25(18,14-35)23(36)34-5-3-20-16(11-34)7-17(10-30-20)26(27,28)29/h7,10,18-19,21-22,32H,3-6,8-9,11-14H2,1-2H3. The molecule has 2 saturated heterocycles. The molecular weight excluding hydrogens is 517 g/mol. The fourth-order valence-corrected chi connectivity index (χ4v) is 6.90. The summed E-state index contributed by atoms with van der Waals surface area (Å²) in [6.45, 7) is 4.48. The SMILES string of the molecule is COC1COCCC1NC1CC2CN(c3nc(C)no3)CC2(C(=O)N2CCc3ncc(C(F)(F)F)cc3C2)C1. The third-order valence-electron chi connectivity index (χ3n) is 8.80. The van der Waals surface area contributed by atoms with Gasteiger partial charge in [-0.15, -0.1) is 0 Å². The number of aryl methyl sites for hydroxylation is 1. The highest BCUT2D eigenvalue weighted by atomic mass is 19.4. The summed E-state index contributed by atoms with van der Waals surface area (Å²) < 4.78 is 56.7. The van der Waals surface area contributed by atoms with Crippen molar-refractivity contribution in [3.8, 4) is 0 Å². The second kappa shape index (κ2) is 10.0. The summed E-state index contributed by atoms with van der Waals surface area (Å²) in [7, 11) is 1.68. The van der Waals surface area contributed by atoms with E-state index in [9.17, 15) is 18.0 Å². The van der Waals surface area contributed by atoms with Gasteiger partial charge in [0, 0.05) is 70.3 Å². The monoisotopic (exact) mass is 550 g/mol. The van der Waals surface area contributed by atoms with Gasteiger partial charge >= 0.3 is 12.2 Å². The van der Waals surface area contributed by atoms with Crippen LogP contribution in [0.4, 0.5) is 19.2 Å². The van der Waals surface area contributed by atoms with Crippen LogP contribution >= 0.6 is 0 Å². The van der Waals surface area contributed by atoms with Crippen molar-refractivity contribution < 1.29 is 32.0 Å². The van der Waals surface area contributed by atoms with E-state index in [-0.39, 0.29) is 36.6 Å². The Kier molecular flexibility index (Phi) is 6.79. The van der Waals surface area contributed by atoms with Crippen LogP contribution < -0.4 is 10.2 Å². The van der Waals surface area contributed by atoms with Gasteiger partial charge in [-0.2, -0.15) is 18.2 Å². The molecule has 3 fully saturated rings. The maximum atomic E-state index is 14.4. The fourth-order valence-electron chi connectivity index (χ4n) is 6.90. The Morgan fingerprint density at radius 1 is 1.33 bits per heavy atom. The number of carbonyl (C=O) groups excluding carboxylic acids is 1. The van der Waals surface area contributed by atoms with Gasteiger partial charge in [-0.25, -0.2) is 0 Å². The molecule has 0 radical (unpaired) electrons. The Morgan fingerprint density at radius 3 is 2.92 bits per heavy atom. The molecule has 2 aromatic heterocycles. The maximum Gasteiger partial charge on any atom is 0.417 e. The number of hydrogen-bond donors (Lipinski definition) is 1. The van der Waals surface area contributed by atoms with Crippen LogP contribution in [0.2, 0.25) is 0 Å². The van der Waals surface area contributed by atoms with Crippen molar-refractivity contribution in [1.82, 2.24) is 25.3 Å². The number of nitrogens with zero attached hydrogens (tertiary/aromatic N) is 5. The molecule has 0 spiro atoms. The highest BCUT2D eigenvalue weighted by molar-refractivity contribution is 5.85. The third kappa shape index (κ3) is 4.89. The van der Waals surface area contributed by atoms with Crippen LogP contribution in [0, 0.1) is 18.3 Å². The minimum atomic E-state index is -4.49. The van der Waals surface area contributed by atoms with Crippen LogP contribution in [0.15, 0.2) is 16.8 Å². The van der Waals surface area contributed by atoms with Crippen molar-refractivity contribution in [3.63, 3.8) is 0 Å². The quantitative estimate of drug-likeness (QED) is 0.601. The van der Waals surface area contributed by atoms with Crippen LogP contribution in [0.1, 0.15) is 41.9 Å². The van der Waals surface area contributed by atoms with Gasteiger partial charge in [0.05, 0.1) is 23.7 Å². The van der Waals surface area contributed by atoms with E-state index in [0.717, 1.165) is 25.1 Å². The molecule has 5 heterocycles. The molecule has 212 valence electrons. The fraction of sp³-hybridized carbons (Fsp3) is 0.692. The summed E-state index contributed by atoms with van der Waals surface area (Å²) in [6.07, 6.45) is -1.02.